The molecule has 0 aromatic heterocycles. The van der Waals surface area contributed by atoms with Gasteiger partial charge in [0.1, 0.15) is 0 Å². The largest absolute Gasteiger partial charge is 0.326 e. The maximum Gasteiger partial charge on any atom is 0.228 e. The average molecular weight is 331 g/mol. The van der Waals surface area contributed by atoms with Crippen LogP contribution in [0.5, 0.6) is 0 Å². The van der Waals surface area contributed by atoms with E-state index < -0.39 is 0 Å². The number of carbonyl (C=O) groups is 1. The summed E-state index contributed by atoms with van der Waals surface area (Å²) in [6.45, 7) is 4.34. The van der Waals surface area contributed by atoms with Crippen LogP contribution in [0.3, 0.4) is 0 Å². The van der Waals surface area contributed by atoms with Crippen LogP contribution < -0.4 is 5.32 Å². The molecule has 0 radical (unpaired) electrons. The lowest BCUT2D eigenvalue weighted by atomic mass is 9.81. The van der Waals surface area contributed by atoms with Crippen LogP contribution in [0.2, 0.25) is 5.02 Å². The van der Waals surface area contributed by atoms with Gasteiger partial charge in [0.15, 0.2) is 0 Å². The lowest BCUT2D eigenvalue weighted by Crippen LogP contribution is -2.30. The van der Waals surface area contributed by atoms with Gasteiger partial charge in [-0.1, -0.05) is 31.9 Å². The van der Waals surface area contributed by atoms with Gasteiger partial charge in [0.2, 0.25) is 5.91 Å². The highest BCUT2D eigenvalue weighted by atomic mass is 79.9. The molecule has 1 atom stereocenters. The van der Waals surface area contributed by atoms with Crippen molar-refractivity contribution in [3.8, 4) is 0 Å². The maximum atomic E-state index is 12.3. The molecule has 0 saturated heterocycles. The molecule has 1 N–H and O–H groups in total. The van der Waals surface area contributed by atoms with E-state index in [9.17, 15) is 4.79 Å². The summed E-state index contributed by atoms with van der Waals surface area (Å²) in [5.74, 6) is 0.221. The van der Waals surface area contributed by atoms with Crippen molar-refractivity contribution < 1.29 is 4.79 Å². The molecule has 0 aliphatic heterocycles. The molecule has 1 fully saturated rings. The Morgan fingerprint density at radius 3 is 2.78 bits per heavy atom. The summed E-state index contributed by atoms with van der Waals surface area (Å²) in [5.41, 5.74) is 0.896. The van der Waals surface area contributed by atoms with Gasteiger partial charge in [-0.25, -0.2) is 0 Å². The maximum absolute atomic E-state index is 12.3. The highest BCUT2D eigenvalue weighted by Crippen LogP contribution is 2.43. The van der Waals surface area contributed by atoms with Gasteiger partial charge in [0, 0.05) is 16.1 Å². The molecule has 2 rings (SSSR count). The fourth-order valence-electron chi connectivity index (χ4n) is 2.62. The number of rotatable bonds is 2. The van der Waals surface area contributed by atoms with E-state index in [1.807, 2.05) is 12.1 Å². The van der Waals surface area contributed by atoms with Crippen molar-refractivity contribution in [3.05, 3.63) is 27.7 Å². The molecule has 98 valence electrons. The van der Waals surface area contributed by atoms with E-state index in [0.717, 1.165) is 29.4 Å². The third-order valence-electron chi connectivity index (χ3n) is 3.76. The van der Waals surface area contributed by atoms with Gasteiger partial charge in [-0.05, 0) is 52.4 Å². The van der Waals surface area contributed by atoms with Gasteiger partial charge in [0.05, 0.1) is 5.02 Å². The first-order valence-electron chi connectivity index (χ1n) is 6.16. The van der Waals surface area contributed by atoms with Gasteiger partial charge in [0.25, 0.3) is 0 Å². The first-order valence-corrected chi connectivity index (χ1v) is 7.33. The second kappa shape index (κ2) is 5.22. The van der Waals surface area contributed by atoms with Crippen LogP contribution in [0.25, 0.3) is 0 Å². The molecule has 1 amide bonds. The zero-order chi connectivity index (χ0) is 13.3. The molecule has 18 heavy (non-hydrogen) atoms. The zero-order valence-corrected chi connectivity index (χ0v) is 12.9. The first kappa shape index (κ1) is 13.9. The van der Waals surface area contributed by atoms with E-state index in [4.69, 9.17) is 11.6 Å². The van der Waals surface area contributed by atoms with Crippen LogP contribution in [0, 0.1) is 11.3 Å². The second-order valence-electron chi connectivity index (χ2n) is 5.55. The molecule has 4 heteroatoms. The first-order chi connectivity index (χ1) is 8.40. The second-order valence-corrected chi connectivity index (χ2v) is 6.81. The minimum absolute atomic E-state index is 0.104. The summed E-state index contributed by atoms with van der Waals surface area (Å²) < 4.78 is 0.799. The van der Waals surface area contributed by atoms with Crippen LogP contribution >= 0.6 is 27.5 Å². The van der Waals surface area contributed by atoms with E-state index in [2.05, 4.69) is 35.1 Å². The van der Waals surface area contributed by atoms with Crippen LogP contribution in [0.1, 0.15) is 33.1 Å². The smallest absolute Gasteiger partial charge is 0.228 e. The predicted octanol–water partition coefficient (Wildman–Crippen LogP) is 4.87. The summed E-state index contributed by atoms with van der Waals surface area (Å²) in [7, 11) is 0. The monoisotopic (exact) mass is 329 g/mol. The highest BCUT2D eigenvalue weighted by Gasteiger charge is 2.39. The predicted molar refractivity (Wildman–Crippen MR) is 78.9 cm³/mol. The fourth-order valence-corrected chi connectivity index (χ4v) is 3.11. The van der Waals surface area contributed by atoms with Crippen molar-refractivity contribution >= 4 is 39.1 Å². The number of anilines is 1. The Kier molecular flexibility index (Phi) is 4.02. The molecule has 0 heterocycles. The SMILES string of the molecule is CC1(C)CCCC1C(=O)Nc1ccc(Cl)c(Br)c1. The molecule has 2 nitrogen and oxygen atoms in total. The summed E-state index contributed by atoms with van der Waals surface area (Å²) >= 11 is 9.29. The molecule has 0 spiro atoms. The minimum atomic E-state index is 0.104. The number of nitrogens with one attached hydrogen (secondary N) is 1. The van der Waals surface area contributed by atoms with Gasteiger partial charge < -0.3 is 5.32 Å². The normalized spacial score (nSPS) is 21.9. The van der Waals surface area contributed by atoms with Crippen molar-refractivity contribution in [2.45, 2.75) is 33.1 Å². The number of hydrogen-bond acceptors (Lipinski definition) is 1. The van der Waals surface area contributed by atoms with Gasteiger partial charge in [-0.15, -0.1) is 0 Å². The quantitative estimate of drug-likeness (QED) is 0.823. The Labute approximate surface area is 121 Å². The Balaban J connectivity index is 2.09. The number of amides is 1. The molecule has 0 bridgehead atoms. The van der Waals surface area contributed by atoms with Gasteiger partial charge >= 0.3 is 0 Å². The number of benzene rings is 1. The Morgan fingerprint density at radius 1 is 1.50 bits per heavy atom. The molecule has 1 unspecified atom stereocenters. The summed E-state index contributed by atoms with van der Waals surface area (Å²) in [4.78, 5) is 12.3. The van der Waals surface area contributed by atoms with Crippen molar-refractivity contribution in [2.24, 2.45) is 11.3 Å². The highest BCUT2D eigenvalue weighted by molar-refractivity contribution is 9.10. The van der Waals surface area contributed by atoms with Crippen LogP contribution in [-0.4, -0.2) is 5.91 Å². The van der Waals surface area contributed by atoms with Crippen LogP contribution in [0.15, 0.2) is 22.7 Å². The zero-order valence-electron chi connectivity index (χ0n) is 10.6. The average Bonchev–Trinajstić information content (AvgIpc) is 2.63. The molecule has 1 aliphatic carbocycles. The van der Waals surface area contributed by atoms with Crippen molar-refractivity contribution in [1.29, 1.82) is 0 Å². The topological polar surface area (TPSA) is 29.1 Å². The van der Waals surface area contributed by atoms with Crippen molar-refractivity contribution in [2.75, 3.05) is 5.32 Å². The van der Waals surface area contributed by atoms with Gasteiger partial charge in [-0.3, -0.25) is 4.79 Å². The minimum Gasteiger partial charge on any atom is -0.326 e. The summed E-state index contributed by atoms with van der Waals surface area (Å²) in [6, 6.07) is 5.44. The van der Waals surface area contributed by atoms with Crippen LogP contribution in [0.4, 0.5) is 5.69 Å². The Morgan fingerprint density at radius 2 is 2.22 bits per heavy atom. The third kappa shape index (κ3) is 2.89. The lowest BCUT2D eigenvalue weighted by Gasteiger charge is -2.25. The lowest BCUT2D eigenvalue weighted by molar-refractivity contribution is -0.122. The third-order valence-corrected chi connectivity index (χ3v) is 4.97. The molecular weight excluding hydrogens is 314 g/mol. The summed E-state index contributed by atoms with van der Waals surface area (Å²) in [6.07, 6.45) is 3.23. The Bertz CT molecular complexity index is 473. The van der Waals surface area contributed by atoms with E-state index in [0.29, 0.717) is 5.02 Å². The molecule has 1 aliphatic rings. The number of carbonyl (C=O) groups excluding carboxylic acids is 1. The molecule has 1 aromatic carbocycles. The Hall–Kier alpha value is -0.540. The van der Waals surface area contributed by atoms with Crippen molar-refractivity contribution in [1.82, 2.24) is 0 Å². The van der Waals surface area contributed by atoms with Crippen LogP contribution in [-0.2, 0) is 4.79 Å². The number of hydrogen-bond donors (Lipinski definition) is 1. The van der Waals surface area contributed by atoms with Gasteiger partial charge in [-0.2, -0.15) is 0 Å². The number of halogens is 2. The molecule has 1 saturated carbocycles. The fraction of sp³-hybridized carbons (Fsp3) is 0.500. The molecular formula is C14H17BrClNO. The molecule has 1 aromatic rings. The van der Waals surface area contributed by atoms with E-state index in [1.54, 1.807) is 6.07 Å². The van der Waals surface area contributed by atoms with E-state index in [1.165, 1.54) is 0 Å². The van der Waals surface area contributed by atoms with E-state index in [-0.39, 0.29) is 17.2 Å². The summed E-state index contributed by atoms with van der Waals surface area (Å²) in [5, 5.41) is 3.63. The van der Waals surface area contributed by atoms with E-state index >= 15 is 0 Å². The standard InChI is InChI=1S/C14H17BrClNO/c1-14(2)7-3-4-10(14)13(18)17-9-5-6-12(16)11(15)8-9/h5-6,8,10H,3-4,7H2,1-2H3,(H,17,18). The van der Waals surface area contributed by atoms with Crippen molar-refractivity contribution in [3.63, 3.8) is 0 Å².